The summed E-state index contributed by atoms with van der Waals surface area (Å²) < 4.78 is 17.4. The summed E-state index contributed by atoms with van der Waals surface area (Å²) in [6.07, 6.45) is 3.69. The van der Waals surface area contributed by atoms with Crippen molar-refractivity contribution in [3.05, 3.63) is 16.7 Å². The summed E-state index contributed by atoms with van der Waals surface area (Å²) in [5, 5.41) is 0.287. The van der Waals surface area contributed by atoms with E-state index in [-0.39, 0.29) is 5.28 Å². The Kier molecular flexibility index (Phi) is 3.63. The number of fused-ring (bicyclic) bond motifs is 1. The molecule has 1 atom stereocenters. The van der Waals surface area contributed by atoms with Gasteiger partial charge in [-0.3, -0.25) is 4.21 Å². The summed E-state index contributed by atoms with van der Waals surface area (Å²) in [7, 11) is -0.937. The van der Waals surface area contributed by atoms with Crippen LogP contribution in [0, 0.1) is 5.92 Å². The molecular weight excluding hydrogens is 272 g/mol. The molecule has 0 radical (unpaired) electrons. The third-order valence-corrected chi connectivity index (χ3v) is 5.22. The minimum Gasteiger partial charge on any atom is -0.381 e. The maximum atomic E-state index is 12.0. The first-order valence-corrected chi connectivity index (χ1v) is 7.95. The second kappa shape index (κ2) is 5.23. The van der Waals surface area contributed by atoms with Crippen molar-refractivity contribution < 1.29 is 8.95 Å². The molecule has 1 fully saturated rings. The summed E-state index contributed by atoms with van der Waals surface area (Å²) in [6.45, 7) is 1.63. The molecule has 98 valence electrons. The van der Waals surface area contributed by atoms with Gasteiger partial charge in [0.1, 0.15) is 0 Å². The van der Waals surface area contributed by atoms with Gasteiger partial charge in [0.25, 0.3) is 0 Å². The van der Waals surface area contributed by atoms with Gasteiger partial charge in [-0.25, -0.2) is 9.97 Å². The lowest BCUT2D eigenvalue weighted by molar-refractivity contribution is 0.0661. The smallest absolute Gasteiger partial charge is 0.222 e. The molecule has 0 amide bonds. The van der Waals surface area contributed by atoms with Gasteiger partial charge in [-0.05, 0) is 36.8 Å². The van der Waals surface area contributed by atoms with Gasteiger partial charge in [-0.15, -0.1) is 0 Å². The van der Waals surface area contributed by atoms with Crippen molar-refractivity contribution in [3.8, 4) is 0 Å². The van der Waals surface area contributed by atoms with Crippen LogP contribution in [0.4, 0.5) is 0 Å². The fraction of sp³-hybridized carbons (Fsp3) is 0.667. The third kappa shape index (κ3) is 2.44. The molecule has 0 N–H and O–H groups in total. The average Bonchev–Trinajstić information content (AvgIpc) is 2.72. The van der Waals surface area contributed by atoms with Crippen LogP contribution in [0.2, 0.25) is 5.28 Å². The Morgan fingerprint density at radius 2 is 2.11 bits per heavy atom. The summed E-state index contributed by atoms with van der Waals surface area (Å²) in [6, 6.07) is 0. The first-order valence-electron chi connectivity index (χ1n) is 6.25. The van der Waals surface area contributed by atoms with Crippen molar-refractivity contribution in [1.29, 1.82) is 0 Å². The summed E-state index contributed by atoms with van der Waals surface area (Å²) in [5.74, 6) is 1.22. The monoisotopic (exact) mass is 286 g/mol. The Balaban J connectivity index is 1.89. The zero-order chi connectivity index (χ0) is 12.5. The number of aromatic nitrogens is 2. The quantitative estimate of drug-likeness (QED) is 0.778. The molecule has 1 aromatic heterocycles. The van der Waals surface area contributed by atoms with Crippen LogP contribution in [-0.2, 0) is 28.4 Å². The van der Waals surface area contributed by atoms with Crippen molar-refractivity contribution in [3.63, 3.8) is 0 Å². The lowest BCUT2D eigenvalue weighted by Gasteiger charge is -2.22. The number of ether oxygens (including phenoxy) is 1. The number of rotatable bonds is 2. The minimum absolute atomic E-state index is 0.287. The highest BCUT2D eigenvalue weighted by molar-refractivity contribution is 7.85. The molecule has 1 unspecified atom stereocenters. The van der Waals surface area contributed by atoms with Crippen molar-refractivity contribution in [1.82, 2.24) is 9.97 Å². The predicted molar refractivity (Wildman–Crippen MR) is 69.3 cm³/mol. The van der Waals surface area contributed by atoms with E-state index in [9.17, 15) is 4.21 Å². The molecule has 18 heavy (non-hydrogen) atoms. The van der Waals surface area contributed by atoms with Gasteiger partial charge in [0.2, 0.25) is 5.28 Å². The number of hydrogen-bond acceptors (Lipinski definition) is 4. The van der Waals surface area contributed by atoms with E-state index in [1.54, 1.807) is 0 Å². The van der Waals surface area contributed by atoms with Crippen LogP contribution in [-0.4, -0.2) is 33.1 Å². The molecule has 3 rings (SSSR count). The molecule has 4 nitrogen and oxygen atoms in total. The van der Waals surface area contributed by atoms with Crippen molar-refractivity contribution in [2.75, 3.05) is 19.0 Å². The molecule has 0 bridgehead atoms. The van der Waals surface area contributed by atoms with Gasteiger partial charge in [0, 0.05) is 25.4 Å². The summed E-state index contributed by atoms with van der Waals surface area (Å²) in [4.78, 5) is 9.36. The van der Waals surface area contributed by atoms with E-state index in [0.29, 0.717) is 11.7 Å². The zero-order valence-electron chi connectivity index (χ0n) is 10.0. The largest absolute Gasteiger partial charge is 0.381 e. The first-order chi connectivity index (χ1) is 8.74. The normalized spacial score (nSPS) is 24.2. The Morgan fingerprint density at radius 1 is 1.33 bits per heavy atom. The van der Waals surface area contributed by atoms with Crippen LogP contribution < -0.4 is 0 Å². The van der Waals surface area contributed by atoms with Crippen molar-refractivity contribution >= 4 is 22.4 Å². The van der Waals surface area contributed by atoms with Crippen LogP contribution in [0.1, 0.15) is 24.2 Å². The zero-order valence-corrected chi connectivity index (χ0v) is 11.6. The van der Waals surface area contributed by atoms with Crippen molar-refractivity contribution in [2.45, 2.75) is 30.6 Å². The average molecular weight is 287 g/mol. The summed E-state index contributed by atoms with van der Waals surface area (Å²) >= 11 is 5.95. The van der Waals surface area contributed by atoms with Crippen LogP contribution in [0.15, 0.2) is 4.90 Å². The number of aryl methyl sites for hydroxylation is 1. The van der Waals surface area contributed by atoms with E-state index in [4.69, 9.17) is 16.3 Å². The topological polar surface area (TPSA) is 52.1 Å². The Bertz CT molecular complexity index is 489. The van der Waals surface area contributed by atoms with Crippen LogP contribution in [0.25, 0.3) is 0 Å². The Hall–Kier alpha value is -0.520. The molecule has 3 heterocycles. The first kappa shape index (κ1) is 12.5. The Labute approximate surface area is 114 Å². The van der Waals surface area contributed by atoms with Gasteiger partial charge in [-0.1, -0.05) is 0 Å². The second-order valence-electron chi connectivity index (χ2n) is 4.77. The highest BCUT2D eigenvalue weighted by Crippen LogP contribution is 2.29. The molecule has 0 spiro atoms. The fourth-order valence-corrected chi connectivity index (χ4v) is 4.19. The van der Waals surface area contributed by atoms with Gasteiger partial charge < -0.3 is 4.74 Å². The van der Waals surface area contributed by atoms with Crippen LogP contribution >= 0.6 is 11.6 Å². The second-order valence-corrected chi connectivity index (χ2v) is 6.62. The lowest BCUT2D eigenvalue weighted by atomic mass is 9.94. The molecular formula is C12H15ClN2O2S. The van der Waals surface area contributed by atoms with Crippen LogP contribution in [0.3, 0.4) is 0 Å². The number of halogens is 1. The molecule has 0 saturated carbocycles. The van der Waals surface area contributed by atoms with Gasteiger partial charge in [0.05, 0.1) is 27.1 Å². The van der Waals surface area contributed by atoms with Crippen LogP contribution in [0.5, 0.6) is 0 Å². The molecule has 2 aliphatic rings. The van der Waals surface area contributed by atoms with E-state index in [1.807, 2.05) is 0 Å². The van der Waals surface area contributed by atoms with Crippen molar-refractivity contribution in [2.24, 2.45) is 5.92 Å². The number of nitrogens with zero attached hydrogens (tertiary/aromatic N) is 2. The third-order valence-electron chi connectivity index (χ3n) is 3.55. The van der Waals surface area contributed by atoms with Gasteiger partial charge in [0.15, 0.2) is 0 Å². The SMILES string of the molecule is O=S1CCc2nc(Cl)nc(CC3CCOCC3)c21. The Morgan fingerprint density at radius 3 is 2.89 bits per heavy atom. The molecule has 1 aromatic rings. The van der Waals surface area contributed by atoms with Gasteiger partial charge in [-0.2, -0.15) is 0 Å². The summed E-state index contributed by atoms with van der Waals surface area (Å²) in [5.41, 5.74) is 1.78. The minimum atomic E-state index is -0.937. The molecule has 0 aromatic carbocycles. The molecule has 1 saturated heterocycles. The molecule has 2 aliphatic heterocycles. The van der Waals surface area contributed by atoms with E-state index in [1.165, 1.54) is 0 Å². The van der Waals surface area contributed by atoms with E-state index in [0.717, 1.165) is 55.2 Å². The van der Waals surface area contributed by atoms with Gasteiger partial charge >= 0.3 is 0 Å². The highest BCUT2D eigenvalue weighted by Gasteiger charge is 2.27. The van der Waals surface area contributed by atoms with E-state index < -0.39 is 10.8 Å². The molecule has 0 aliphatic carbocycles. The number of hydrogen-bond donors (Lipinski definition) is 0. The highest BCUT2D eigenvalue weighted by atomic mass is 35.5. The van der Waals surface area contributed by atoms with E-state index in [2.05, 4.69) is 9.97 Å². The maximum absolute atomic E-state index is 12.0. The predicted octanol–water partition coefficient (Wildman–Crippen LogP) is 1.76. The maximum Gasteiger partial charge on any atom is 0.222 e. The molecule has 6 heteroatoms. The standard InChI is InChI=1S/C12H15ClN2O2S/c13-12-14-9-3-6-18(16)11(9)10(15-12)7-8-1-4-17-5-2-8/h8H,1-7H2. The lowest BCUT2D eigenvalue weighted by Crippen LogP contribution is -2.19. The van der Waals surface area contributed by atoms with E-state index >= 15 is 0 Å². The fourth-order valence-electron chi connectivity index (χ4n) is 2.60.